The van der Waals surface area contributed by atoms with Crippen molar-refractivity contribution in [2.75, 3.05) is 20.8 Å². The van der Waals surface area contributed by atoms with E-state index >= 15 is 0 Å². The quantitative estimate of drug-likeness (QED) is 0.640. The van der Waals surface area contributed by atoms with Crippen molar-refractivity contribution >= 4 is 17.1 Å². The molecule has 174 valence electrons. The third-order valence-corrected chi connectivity index (χ3v) is 6.77. The molecule has 10 heteroatoms. The minimum Gasteiger partial charge on any atom is -0.493 e. The number of aromatic nitrogens is 2. The molecule has 2 aliphatic heterocycles. The molecule has 0 spiro atoms. The Hall–Kier alpha value is -2.56. The molecule has 2 amide bonds. The molecular weight excluding hydrogens is 416 g/mol. The van der Waals surface area contributed by atoms with Crippen LogP contribution in [0.3, 0.4) is 0 Å². The fraction of sp³-hybridized carbons (Fsp3) is 0.636. The standard InChI is InChI=1S/C22H30N4O6/c1-29-15-8-13-14(9-16(15)30-2)26(11-23-13)19-20(27)18(17-10-31-21(19)32-17)25-22(28)24-12-6-4-3-5-7-12/h8-9,11-12,17-21,27H,3-7,10H2,1-2H3,(H2,24,25,28). The lowest BCUT2D eigenvalue weighted by atomic mass is 9.95. The van der Waals surface area contributed by atoms with Crippen molar-refractivity contribution in [2.24, 2.45) is 0 Å². The van der Waals surface area contributed by atoms with Gasteiger partial charge in [-0.05, 0) is 12.8 Å². The Kier molecular flexibility index (Phi) is 5.83. The highest BCUT2D eigenvalue weighted by Crippen LogP contribution is 2.39. The number of ether oxygens (including phenoxy) is 4. The lowest BCUT2D eigenvalue weighted by Crippen LogP contribution is -2.61. The summed E-state index contributed by atoms with van der Waals surface area (Å²) < 4.78 is 24.5. The number of hydrogen-bond acceptors (Lipinski definition) is 7. The van der Waals surface area contributed by atoms with Crippen LogP contribution < -0.4 is 20.1 Å². The molecule has 1 aliphatic carbocycles. The van der Waals surface area contributed by atoms with Crippen LogP contribution >= 0.6 is 0 Å². The summed E-state index contributed by atoms with van der Waals surface area (Å²) >= 11 is 0. The SMILES string of the molecule is COc1cc2ncn(C3C4OCC(O4)C(NC(=O)NC4CCCCC4)C3O)c2cc1OC. The van der Waals surface area contributed by atoms with E-state index in [-0.39, 0.29) is 12.1 Å². The summed E-state index contributed by atoms with van der Waals surface area (Å²) in [5.41, 5.74) is 1.43. The number of imidazole rings is 1. The van der Waals surface area contributed by atoms with Crippen LogP contribution in [0.5, 0.6) is 11.5 Å². The molecule has 1 aromatic heterocycles. The maximum atomic E-state index is 12.7. The molecule has 2 saturated heterocycles. The first-order chi connectivity index (χ1) is 15.6. The molecule has 3 N–H and O–H groups in total. The Morgan fingerprint density at radius 2 is 1.91 bits per heavy atom. The summed E-state index contributed by atoms with van der Waals surface area (Å²) in [6, 6.07) is 2.29. The summed E-state index contributed by atoms with van der Waals surface area (Å²) in [5.74, 6) is 1.13. The fourth-order valence-electron chi connectivity index (χ4n) is 5.09. The fourth-order valence-corrected chi connectivity index (χ4v) is 5.09. The molecule has 5 atom stereocenters. The van der Waals surface area contributed by atoms with Gasteiger partial charge in [0.2, 0.25) is 0 Å². The number of fused-ring (bicyclic) bond motifs is 3. The van der Waals surface area contributed by atoms with Gasteiger partial charge in [0.25, 0.3) is 0 Å². The van der Waals surface area contributed by atoms with Gasteiger partial charge in [-0.1, -0.05) is 19.3 Å². The van der Waals surface area contributed by atoms with Gasteiger partial charge in [-0.25, -0.2) is 9.78 Å². The number of urea groups is 1. The smallest absolute Gasteiger partial charge is 0.315 e. The highest BCUT2D eigenvalue weighted by Gasteiger charge is 2.51. The summed E-state index contributed by atoms with van der Waals surface area (Å²) in [7, 11) is 3.14. The van der Waals surface area contributed by atoms with E-state index < -0.39 is 30.6 Å². The number of carbonyl (C=O) groups is 1. The zero-order valence-corrected chi connectivity index (χ0v) is 18.3. The Bertz CT molecular complexity index is 975. The predicted octanol–water partition coefficient (Wildman–Crippen LogP) is 1.71. The number of nitrogens with zero attached hydrogens (tertiary/aromatic N) is 2. The average Bonchev–Trinajstić information content (AvgIpc) is 3.42. The van der Waals surface area contributed by atoms with Crippen molar-refractivity contribution < 1.29 is 28.8 Å². The Morgan fingerprint density at radius 3 is 2.66 bits per heavy atom. The molecule has 1 saturated carbocycles. The highest BCUT2D eigenvalue weighted by atomic mass is 16.7. The van der Waals surface area contributed by atoms with E-state index in [9.17, 15) is 9.90 Å². The lowest BCUT2D eigenvalue weighted by molar-refractivity contribution is -0.162. The molecular formula is C22H30N4O6. The van der Waals surface area contributed by atoms with Crippen molar-refractivity contribution in [1.29, 1.82) is 0 Å². The first-order valence-electron chi connectivity index (χ1n) is 11.2. The van der Waals surface area contributed by atoms with Gasteiger partial charge in [-0.15, -0.1) is 0 Å². The predicted molar refractivity (Wildman–Crippen MR) is 115 cm³/mol. The molecule has 10 nitrogen and oxygen atoms in total. The third kappa shape index (κ3) is 3.76. The Morgan fingerprint density at radius 1 is 1.16 bits per heavy atom. The van der Waals surface area contributed by atoms with Gasteiger partial charge in [0.05, 0.1) is 44.2 Å². The Labute approximate surface area is 186 Å². The normalized spacial score (nSPS) is 30.3. The lowest BCUT2D eigenvalue weighted by Gasteiger charge is -2.39. The van der Waals surface area contributed by atoms with Crippen LogP contribution in [-0.2, 0) is 9.47 Å². The van der Waals surface area contributed by atoms with Gasteiger partial charge in [-0.2, -0.15) is 0 Å². The number of rotatable bonds is 5. The molecule has 2 bridgehead atoms. The van der Waals surface area contributed by atoms with E-state index in [0.29, 0.717) is 23.6 Å². The summed E-state index contributed by atoms with van der Waals surface area (Å²) in [6.45, 7) is 0.302. The van der Waals surface area contributed by atoms with E-state index in [0.717, 1.165) is 31.2 Å². The molecule has 3 aliphatic rings. The second kappa shape index (κ2) is 8.76. The van der Waals surface area contributed by atoms with Crippen LogP contribution in [-0.4, -0.2) is 72.1 Å². The number of hydrogen-bond donors (Lipinski definition) is 3. The largest absolute Gasteiger partial charge is 0.493 e. The molecule has 1 aromatic carbocycles. The van der Waals surface area contributed by atoms with E-state index in [2.05, 4.69) is 15.6 Å². The van der Waals surface area contributed by atoms with E-state index in [1.54, 1.807) is 26.6 Å². The van der Waals surface area contributed by atoms with Crippen molar-refractivity contribution in [3.05, 3.63) is 18.5 Å². The summed E-state index contributed by atoms with van der Waals surface area (Å²) in [6.07, 6.45) is 5.11. The van der Waals surface area contributed by atoms with Gasteiger partial charge in [0.15, 0.2) is 17.8 Å². The average molecular weight is 447 g/mol. The van der Waals surface area contributed by atoms with E-state index in [1.807, 2.05) is 10.6 Å². The molecule has 3 heterocycles. The summed E-state index contributed by atoms with van der Waals surface area (Å²) in [4.78, 5) is 17.1. The van der Waals surface area contributed by atoms with Gasteiger partial charge >= 0.3 is 6.03 Å². The van der Waals surface area contributed by atoms with Crippen molar-refractivity contribution in [3.63, 3.8) is 0 Å². The third-order valence-electron chi connectivity index (χ3n) is 6.77. The molecule has 3 fully saturated rings. The van der Waals surface area contributed by atoms with Crippen LogP contribution in [0, 0.1) is 0 Å². The molecule has 5 unspecified atom stereocenters. The van der Waals surface area contributed by atoms with Crippen molar-refractivity contribution in [2.45, 2.75) is 68.7 Å². The van der Waals surface area contributed by atoms with Crippen LogP contribution in [0.2, 0.25) is 0 Å². The van der Waals surface area contributed by atoms with Gasteiger partial charge in [0, 0.05) is 18.2 Å². The van der Waals surface area contributed by atoms with E-state index in [1.165, 1.54) is 6.42 Å². The van der Waals surface area contributed by atoms with Gasteiger partial charge in [-0.3, -0.25) is 0 Å². The number of aliphatic hydroxyl groups excluding tert-OH is 1. The zero-order chi connectivity index (χ0) is 22.2. The molecule has 5 rings (SSSR count). The van der Waals surface area contributed by atoms with E-state index in [4.69, 9.17) is 18.9 Å². The van der Waals surface area contributed by atoms with Crippen molar-refractivity contribution in [3.8, 4) is 11.5 Å². The first-order valence-corrected chi connectivity index (χ1v) is 11.2. The molecule has 32 heavy (non-hydrogen) atoms. The number of benzene rings is 1. The van der Waals surface area contributed by atoms with Gasteiger partial charge < -0.3 is 39.3 Å². The maximum Gasteiger partial charge on any atom is 0.315 e. The minimum absolute atomic E-state index is 0.175. The zero-order valence-electron chi connectivity index (χ0n) is 18.3. The monoisotopic (exact) mass is 446 g/mol. The Balaban J connectivity index is 1.39. The number of methoxy groups -OCH3 is 2. The number of amides is 2. The number of aliphatic hydroxyl groups is 1. The molecule has 2 aromatic rings. The van der Waals surface area contributed by atoms with Crippen LogP contribution in [0.15, 0.2) is 18.5 Å². The van der Waals surface area contributed by atoms with Gasteiger partial charge in [0.1, 0.15) is 18.2 Å². The second-order valence-electron chi connectivity index (χ2n) is 8.68. The first kappa shape index (κ1) is 21.3. The maximum absolute atomic E-state index is 12.7. The second-order valence-corrected chi connectivity index (χ2v) is 8.68. The van der Waals surface area contributed by atoms with Crippen LogP contribution in [0.1, 0.15) is 38.1 Å². The molecule has 0 radical (unpaired) electrons. The van der Waals surface area contributed by atoms with Crippen molar-refractivity contribution in [1.82, 2.24) is 20.2 Å². The highest BCUT2D eigenvalue weighted by molar-refractivity contribution is 5.80. The van der Waals surface area contributed by atoms with Crippen LogP contribution in [0.25, 0.3) is 11.0 Å². The summed E-state index contributed by atoms with van der Waals surface area (Å²) in [5, 5.41) is 17.3. The van der Waals surface area contributed by atoms with Crippen LogP contribution in [0.4, 0.5) is 4.79 Å². The topological polar surface area (TPSA) is 116 Å². The minimum atomic E-state index is -0.927. The number of nitrogens with one attached hydrogen (secondary N) is 2. The number of carbonyl (C=O) groups excluding carboxylic acids is 1.